The molecule has 0 bridgehead atoms. The molecule has 30 heavy (non-hydrogen) atoms. The highest BCUT2D eigenvalue weighted by molar-refractivity contribution is 5.94. The first-order valence-corrected chi connectivity index (χ1v) is 10.4. The largest absolute Gasteiger partial charge is 0.356 e. The van der Waals surface area contributed by atoms with Crippen LogP contribution < -0.4 is 10.6 Å². The van der Waals surface area contributed by atoms with E-state index >= 15 is 0 Å². The molecule has 0 aliphatic carbocycles. The fraction of sp³-hybridized carbons (Fsp3) is 0.417. The number of rotatable bonds is 8. The summed E-state index contributed by atoms with van der Waals surface area (Å²) in [5.74, 6) is 0.491. The van der Waals surface area contributed by atoms with Gasteiger partial charge in [0.2, 0.25) is 0 Å². The summed E-state index contributed by atoms with van der Waals surface area (Å²) < 4.78 is 13.6. The highest BCUT2D eigenvalue weighted by atomic mass is 19.1. The third-order valence-electron chi connectivity index (χ3n) is 5.24. The maximum atomic E-state index is 13.6. The zero-order chi connectivity index (χ0) is 22.1. The van der Waals surface area contributed by atoms with Crippen molar-refractivity contribution in [1.29, 1.82) is 0 Å². The lowest BCUT2D eigenvalue weighted by molar-refractivity contribution is 0.0773. The molecule has 0 aliphatic heterocycles. The number of nitrogens with zero attached hydrogens (tertiary/aromatic N) is 2. The lowest BCUT2D eigenvalue weighted by atomic mass is 9.84. The first-order valence-electron chi connectivity index (χ1n) is 10.4. The predicted octanol–water partition coefficient (Wildman–Crippen LogP) is 3.95. The van der Waals surface area contributed by atoms with Gasteiger partial charge in [-0.15, -0.1) is 0 Å². The van der Waals surface area contributed by atoms with Crippen LogP contribution in [-0.4, -0.2) is 43.4 Å². The van der Waals surface area contributed by atoms with Gasteiger partial charge in [0.1, 0.15) is 5.82 Å². The SMILES string of the molecule is CCN(CC)C(=O)c1ccc(CNC(=NC)NCC(C)(C)c2cccc(F)c2)cc1. The van der Waals surface area contributed by atoms with E-state index in [2.05, 4.69) is 29.5 Å². The van der Waals surface area contributed by atoms with Crippen LogP contribution in [-0.2, 0) is 12.0 Å². The van der Waals surface area contributed by atoms with Gasteiger partial charge >= 0.3 is 0 Å². The van der Waals surface area contributed by atoms with Crippen molar-refractivity contribution in [3.8, 4) is 0 Å². The normalized spacial score (nSPS) is 11.9. The summed E-state index contributed by atoms with van der Waals surface area (Å²) in [4.78, 5) is 18.5. The minimum atomic E-state index is -0.258. The molecule has 1 amide bonds. The van der Waals surface area contributed by atoms with Gasteiger partial charge in [-0.05, 0) is 49.2 Å². The second-order valence-electron chi connectivity index (χ2n) is 7.85. The molecule has 6 heteroatoms. The van der Waals surface area contributed by atoms with Crippen LogP contribution >= 0.6 is 0 Å². The fourth-order valence-corrected chi connectivity index (χ4v) is 3.18. The van der Waals surface area contributed by atoms with Crippen molar-refractivity contribution >= 4 is 11.9 Å². The first-order chi connectivity index (χ1) is 14.3. The van der Waals surface area contributed by atoms with Crippen LogP contribution in [0.4, 0.5) is 4.39 Å². The van der Waals surface area contributed by atoms with E-state index in [9.17, 15) is 9.18 Å². The van der Waals surface area contributed by atoms with E-state index in [1.54, 1.807) is 24.1 Å². The van der Waals surface area contributed by atoms with E-state index < -0.39 is 0 Å². The number of nitrogens with one attached hydrogen (secondary N) is 2. The molecule has 0 radical (unpaired) electrons. The van der Waals surface area contributed by atoms with E-state index in [-0.39, 0.29) is 17.1 Å². The van der Waals surface area contributed by atoms with Crippen LogP contribution in [0, 0.1) is 5.82 Å². The number of halogens is 1. The molecule has 2 aromatic carbocycles. The third kappa shape index (κ3) is 6.31. The molecule has 0 spiro atoms. The molecule has 0 heterocycles. The van der Waals surface area contributed by atoms with E-state index in [4.69, 9.17) is 0 Å². The minimum absolute atomic E-state index is 0.0524. The molecule has 0 aromatic heterocycles. The van der Waals surface area contributed by atoms with Crippen LogP contribution in [0.5, 0.6) is 0 Å². The maximum Gasteiger partial charge on any atom is 0.253 e. The average Bonchev–Trinajstić information content (AvgIpc) is 2.75. The van der Waals surface area contributed by atoms with Crippen LogP contribution in [0.2, 0.25) is 0 Å². The summed E-state index contributed by atoms with van der Waals surface area (Å²) in [6.07, 6.45) is 0. The van der Waals surface area contributed by atoms with Gasteiger partial charge in [0.05, 0.1) is 0 Å². The third-order valence-corrected chi connectivity index (χ3v) is 5.24. The van der Waals surface area contributed by atoms with Crippen molar-refractivity contribution in [3.63, 3.8) is 0 Å². The molecule has 2 aromatic rings. The molecule has 162 valence electrons. The quantitative estimate of drug-likeness (QED) is 0.510. The number of aliphatic imine (C=N–C) groups is 1. The Labute approximate surface area is 179 Å². The monoisotopic (exact) mass is 412 g/mol. The van der Waals surface area contributed by atoms with Crippen molar-refractivity contribution in [2.75, 3.05) is 26.7 Å². The van der Waals surface area contributed by atoms with E-state index in [1.165, 1.54) is 6.07 Å². The Morgan fingerprint density at radius 1 is 1.07 bits per heavy atom. The molecule has 5 nitrogen and oxygen atoms in total. The Morgan fingerprint density at radius 2 is 1.73 bits per heavy atom. The van der Waals surface area contributed by atoms with Crippen molar-refractivity contribution in [2.45, 2.75) is 39.7 Å². The zero-order valence-electron chi connectivity index (χ0n) is 18.6. The van der Waals surface area contributed by atoms with Gasteiger partial charge in [-0.3, -0.25) is 9.79 Å². The van der Waals surface area contributed by atoms with E-state index in [0.717, 1.165) is 11.1 Å². The number of amides is 1. The number of carbonyl (C=O) groups excluding carboxylic acids is 1. The van der Waals surface area contributed by atoms with Gasteiger partial charge in [0, 0.05) is 44.2 Å². The van der Waals surface area contributed by atoms with Gasteiger partial charge in [0.25, 0.3) is 5.91 Å². The summed E-state index contributed by atoms with van der Waals surface area (Å²) in [6.45, 7) is 10.7. The van der Waals surface area contributed by atoms with Crippen molar-refractivity contribution in [1.82, 2.24) is 15.5 Å². The zero-order valence-corrected chi connectivity index (χ0v) is 18.6. The Hall–Kier alpha value is -2.89. The van der Waals surface area contributed by atoms with Crippen LogP contribution in [0.15, 0.2) is 53.5 Å². The van der Waals surface area contributed by atoms with Crippen LogP contribution in [0.25, 0.3) is 0 Å². The summed E-state index contributed by atoms with van der Waals surface area (Å²) in [5, 5.41) is 6.60. The van der Waals surface area contributed by atoms with E-state index in [0.29, 0.717) is 37.7 Å². The number of carbonyl (C=O) groups is 1. The molecule has 0 saturated heterocycles. The average molecular weight is 413 g/mol. The second kappa shape index (κ2) is 10.8. The highest BCUT2D eigenvalue weighted by Crippen LogP contribution is 2.22. The lowest BCUT2D eigenvalue weighted by Gasteiger charge is -2.27. The summed E-state index contributed by atoms with van der Waals surface area (Å²) in [6, 6.07) is 14.3. The molecule has 2 N–H and O–H groups in total. The smallest absolute Gasteiger partial charge is 0.253 e. The van der Waals surface area contributed by atoms with Crippen molar-refractivity contribution in [2.24, 2.45) is 4.99 Å². The Balaban J connectivity index is 1.92. The fourth-order valence-electron chi connectivity index (χ4n) is 3.18. The minimum Gasteiger partial charge on any atom is -0.356 e. The maximum absolute atomic E-state index is 13.6. The molecule has 2 rings (SSSR count). The summed E-state index contributed by atoms with van der Waals surface area (Å²) >= 11 is 0. The molecular formula is C24H33FN4O. The lowest BCUT2D eigenvalue weighted by Crippen LogP contribution is -2.43. The second-order valence-corrected chi connectivity index (χ2v) is 7.85. The highest BCUT2D eigenvalue weighted by Gasteiger charge is 2.21. The van der Waals surface area contributed by atoms with Crippen molar-refractivity contribution < 1.29 is 9.18 Å². The first kappa shape index (κ1) is 23.4. The number of guanidine groups is 1. The molecule has 0 fully saturated rings. The van der Waals surface area contributed by atoms with Gasteiger partial charge in [-0.25, -0.2) is 4.39 Å². The Morgan fingerprint density at radius 3 is 2.30 bits per heavy atom. The van der Waals surface area contributed by atoms with Crippen molar-refractivity contribution in [3.05, 3.63) is 71.0 Å². The van der Waals surface area contributed by atoms with E-state index in [1.807, 2.05) is 44.2 Å². The van der Waals surface area contributed by atoms with Crippen LogP contribution in [0.1, 0.15) is 49.2 Å². The number of benzene rings is 2. The molecule has 0 atom stereocenters. The van der Waals surface area contributed by atoms with Gasteiger partial charge in [0.15, 0.2) is 5.96 Å². The predicted molar refractivity (Wildman–Crippen MR) is 121 cm³/mol. The number of hydrogen-bond acceptors (Lipinski definition) is 2. The number of hydrogen-bond donors (Lipinski definition) is 2. The standard InChI is InChI=1S/C24H33FN4O/c1-6-29(7-2)22(30)19-13-11-18(12-14-19)16-27-23(26-5)28-17-24(3,4)20-9-8-10-21(25)15-20/h8-15H,6-7,16-17H2,1-5H3,(H2,26,27,28). The van der Waals surface area contributed by atoms with Crippen LogP contribution in [0.3, 0.4) is 0 Å². The van der Waals surface area contributed by atoms with Gasteiger partial charge < -0.3 is 15.5 Å². The molecular weight excluding hydrogens is 379 g/mol. The molecule has 0 saturated carbocycles. The van der Waals surface area contributed by atoms with Gasteiger partial charge in [-0.2, -0.15) is 0 Å². The molecule has 0 unspecified atom stereocenters. The summed E-state index contributed by atoms with van der Waals surface area (Å²) in [7, 11) is 1.72. The topological polar surface area (TPSA) is 56.7 Å². The summed E-state index contributed by atoms with van der Waals surface area (Å²) in [5.41, 5.74) is 2.42. The van der Waals surface area contributed by atoms with Gasteiger partial charge in [-0.1, -0.05) is 38.1 Å². The molecule has 0 aliphatic rings. The Bertz CT molecular complexity index is 858. The Kier molecular flexibility index (Phi) is 8.39.